The molecule has 0 aromatic heterocycles. The Balaban J connectivity index is 2.56. The zero-order valence-electron chi connectivity index (χ0n) is 11.3. The highest BCUT2D eigenvalue weighted by molar-refractivity contribution is 6.06. The van der Waals surface area contributed by atoms with Crippen molar-refractivity contribution in [3.05, 3.63) is 29.8 Å². The third-order valence-electron chi connectivity index (χ3n) is 2.42. The second-order valence-corrected chi connectivity index (χ2v) is 4.03. The van der Waals surface area contributed by atoms with Crippen LogP contribution in [0.4, 0.5) is 5.69 Å². The number of amides is 3. The summed E-state index contributed by atoms with van der Waals surface area (Å²) in [6.45, 7) is 1.61. The lowest BCUT2D eigenvalue weighted by Crippen LogP contribution is -2.42. The Labute approximate surface area is 120 Å². The Bertz CT molecular complexity index is 571. The lowest BCUT2D eigenvalue weighted by atomic mass is 10.2. The lowest BCUT2D eigenvalue weighted by molar-refractivity contribution is -0.131. The monoisotopic (exact) mass is 293 g/mol. The molecule has 0 fully saturated rings. The van der Waals surface area contributed by atoms with Crippen molar-refractivity contribution in [1.82, 2.24) is 10.9 Å². The summed E-state index contributed by atoms with van der Waals surface area (Å²) in [5.41, 5.74) is 4.21. The molecular weight excluding hydrogens is 278 g/mol. The molecule has 0 saturated carbocycles. The molecule has 0 aliphatic heterocycles. The molecule has 0 aliphatic rings. The maximum Gasteiger partial charge on any atom is 0.337 e. The second kappa shape index (κ2) is 7.63. The average Bonchev–Trinajstić information content (AvgIpc) is 2.44. The van der Waals surface area contributed by atoms with Crippen molar-refractivity contribution >= 4 is 29.4 Å². The van der Waals surface area contributed by atoms with Gasteiger partial charge in [0, 0.05) is 6.42 Å². The Kier molecular flexibility index (Phi) is 5.87. The zero-order valence-corrected chi connectivity index (χ0v) is 11.3. The van der Waals surface area contributed by atoms with Crippen molar-refractivity contribution in [2.24, 2.45) is 0 Å². The minimum Gasteiger partial charge on any atom is -0.478 e. The number of anilines is 1. The number of carboxylic acid groups (broad SMARTS) is 1. The molecule has 3 amide bonds. The number of carbonyl (C=O) groups excluding carboxylic acids is 3. The van der Waals surface area contributed by atoms with Gasteiger partial charge in [0.1, 0.15) is 6.42 Å². The van der Waals surface area contributed by atoms with Crippen LogP contribution >= 0.6 is 0 Å². The van der Waals surface area contributed by atoms with Crippen LogP contribution in [-0.4, -0.2) is 28.8 Å². The molecule has 1 aromatic carbocycles. The van der Waals surface area contributed by atoms with Gasteiger partial charge in [-0.1, -0.05) is 19.1 Å². The Hall–Kier alpha value is -2.90. The van der Waals surface area contributed by atoms with Crippen molar-refractivity contribution < 1.29 is 24.3 Å². The Morgan fingerprint density at radius 1 is 1.00 bits per heavy atom. The van der Waals surface area contributed by atoms with Crippen LogP contribution in [0.3, 0.4) is 0 Å². The molecule has 0 radical (unpaired) electrons. The molecule has 1 aromatic rings. The van der Waals surface area contributed by atoms with E-state index in [1.165, 1.54) is 18.2 Å². The van der Waals surface area contributed by atoms with Gasteiger partial charge in [-0.05, 0) is 12.1 Å². The minimum atomic E-state index is -1.19. The summed E-state index contributed by atoms with van der Waals surface area (Å²) in [6, 6.07) is 5.83. The zero-order chi connectivity index (χ0) is 15.8. The van der Waals surface area contributed by atoms with Crippen molar-refractivity contribution in [1.29, 1.82) is 0 Å². The number of rotatable bonds is 5. The van der Waals surface area contributed by atoms with Gasteiger partial charge in [-0.15, -0.1) is 0 Å². The molecule has 8 heteroatoms. The second-order valence-electron chi connectivity index (χ2n) is 4.03. The fourth-order valence-corrected chi connectivity index (χ4v) is 1.39. The summed E-state index contributed by atoms with van der Waals surface area (Å²) in [4.78, 5) is 44.9. The topological polar surface area (TPSA) is 125 Å². The molecular formula is C13H15N3O5. The molecule has 0 bridgehead atoms. The lowest BCUT2D eigenvalue weighted by Gasteiger charge is -2.09. The number of hydrogen-bond donors (Lipinski definition) is 4. The van der Waals surface area contributed by atoms with E-state index in [1.807, 2.05) is 0 Å². The maximum atomic E-state index is 11.6. The van der Waals surface area contributed by atoms with Crippen LogP contribution in [0, 0.1) is 0 Å². The number of aromatic carboxylic acids is 1. The number of para-hydroxylation sites is 1. The summed E-state index contributed by atoms with van der Waals surface area (Å²) in [7, 11) is 0. The first-order valence-corrected chi connectivity index (χ1v) is 6.14. The third-order valence-corrected chi connectivity index (χ3v) is 2.42. The van der Waals surface area contributed by atoms with Gasteiger partial charge in [0.15, 0.2) is 0 Å². The number of benzene rings is 1. The minimum absolute atomic E-state index is 0.0782. The molecule has 1 rings (SSSR count). The smallest absolute Gasteiger partial charge is 0.337 e. The molecule has 0 saturated heterocycles. The highest BCUT2D eigenvalue weighted by atomic mass is 16.4. The van der Waals surface area contributed by atoms with Crippen molar-refractivity contribution in [3.63, 3.8) is 0 Å². The maximum absolute atomic E-state index is 11.6. The van der Waals surface area contributed by atoms with Crippen LogP contribution in [0.15, 0.2) is 24.3 Å². The largest absolute Gasteiger partial charge is 0.478 e. The van der Waals surface area contributed by atoms with Crippen molar-refractivity contribution in [3.8, 4) is 0 Å². The van der Waals surface area contributed by atoms with Crippen molar-refractivity contribution in [2.45, 2.75) is 19.8 Å². The predicted molar refractivity (Wildman–Crippen MR) is 73.2 cm³/mol. The summed E-state index contributed by atoms with van der Waals surface area (Å²) in [6.07, 6.45) is -0.351. The number of nitrogens with one attached hydrogen (secondary N) is 3. The first-order chi connectivity index (χ1) is 9.93. The van der Waals surface area contributed by atoms with Crippen LogP contribution in [0.5, 0.6) is 0 Å². The van der Waals surface area contributed by atoms with E-state index in [-0.39, 0.29) is 23.6 Å². The molecule has 0 aliphatic carbocycles. The molecule has 0 spiro atoms. The van der Waals surface area contributed by atoms with E-state index < -0.39 is 24.2 Å². The SMILES string of the molecule is CCC(=O)NNC(=O)CC(=O)Nc1ccccc1C(=O)O. The first kappa shape index (κ1) is 16.2. The normalized spacial score (nSPS) is 9.57. The van der Waals surface area contributed by atoms with E-state index in [2.05, 4.69) is 16.2 Å². The molecule has 0 atom stereocenters. The van der Waals surface area contributed by atoms with E-state index in [0.29, 0.717) is 0 Å². The molecule has 4 N–H and O–H groups in total. The average molecular weight is 293 g/mol. The first-order valence-electron chi connectivity index (χ1n) is 6.14. The number of hydrazine groups is 1. The number of hydrogen-bond acceptors (Lipinski definition) is 4. The van der Waals surface area contributed by atoms with Crippen LogP contribution < -0.4 is 16.2 Å². The summed E-state index contributed by atoms with van der Waals surface area (Å²) < 4.78 is 0. The molecule has 0 heterocycles. The predicted octanol–water partition coefficient (Wildman–Crippen LogP) is 0.271. The molecule has 112 valence electrons. The fraction of sp³-hybridized carbons (Fsp3) is 0.231. The fourth-order valence-electron chi connectivity index (χ4n) is 1.39. The van der Waals surface area contributed by atoms with Crippen molar-refractivity contribution in [2.75, 3.05) is 5.32 Å². The molecule has 21 heavy (non-hydrogen) atoms. The van der Waals surface area contributed by atoms with E-state index in [9.17, 15) is 19.2 Å². The van der Waals surface area contributed by atoms with Gasteiger partial charge in [0.2, 0.25) is 17.7 Å². The summed E-state index contributed by atoms with van der Waals surface area (Å²) in [5.74, 6) is -2.97. The highest BCUT2D eigenvalue weighted by Crippen LogP contribution is 2.14. The van der Waals surface area contributed by atoms with Gasteiger partial charge in [-0.25, -0.2) is 4.79 Å². The summed E-state index contributed by atoms with van der Waals surface area (Å²) in [5, 5.41) is 11.3. The van der Waals surface area contributed by atoms with E-state index in [0.717, 1.165) is 0 Å². The van der Waals surface area contributed by atoms with Gasteiger partial charge >= 0.3 is 5.97 Å². The van der Waals surface area contributed by atoms with Gasteiger partial charge in [0.25, 0.3) is 0 Å². The third kappa shape index (κ3) is 5.31. The number of carbonyl (C=O) groups is 4. The van der Waals surface area contributed by atoms with Crippen LogP contribution in [0.25, 0.3) is 0 Å². The van der Waals surface area contributed by atoms with Gasteiger partial charge in [-0.2, -0.15) is 0 Å². The Morgan fingerprint density at radius 2 is 1.62 bits per heavy atom. The quantitative estimate of drug-likeness (QED) is 0.458. The number of carboxylic acids is 1. The summed E-state index contributed by atoms with van der Waals surface area (Å²) >= 11 is 0. The van der Waals surface area contributed by atoms with E-state index in [1.54, 1.807) is 13.0 Å². The Morgan fingerprint density at radius 3 is 2.24 bits per heavy atom. The van der Waals surface area contributed by atoms with Gasteiger partial charge in [-0.3, -0.25) is 25.2 Å². The molecule has 0 unspecified atom stereocenters. The van der Waals surface area contributed by atoms with Crippen LogP contribution in [-0.2, 0) is 14.4 Å². The van der Waals surface area contributed by atoms with Crippen LogP contribution in [0.1, 0.15) is 30.1 Å². The van der Waals surface area contributed by atoms with Gasteiger partial charge < -0.3 is 10.4 Å². The standard InChI is InChI=1S/C13H15N3O5/c1-2-10(17)15-16-12(19)7-11(18)14-9-6-4-3-5-8(9)13(20)21/h3-6H,2,7H2,1H3,(H,14,18)(H,15,17)(H,16,19)(H,20,21). The van der Waals surface area contributed by atoms with E-state index >= 15 is 0 Å². The highest BCUT2D eigenvalue weighted by Gasteiger charge is 2.14. The van der Waals surface area contributed by atoms with Gasteiger partial charge in [0.05, 0.1) is 11.3 Å². The van der Waals surface area contributed by atoms with E-state index in [4.69, 9.17) is 5.11 Å². The van der Waals surface area contributed by atoms with Crippen LogP contribution in [0.2, 0.25) is 0 Å². The molecule has 8 nitrogen and oxygen atoms in total.